The largest absolute Gasteiger partial charge is 0.481 e. The summed E-state index contributed by atoms with van der Waals surface area (Å²) in [5.74, 6) is -0.462. The fourth-order valence-electron chi connectivity index (χ4n) is 4.94. The summed E-state index contributed by atoms with van der Waals surface area (Å²) in [5.41, 5.74) is 5.82. The van der Waals surface area contributed by atoms with Gasteiger partial charge in [0.2, 0.25) is 0 Å². The number of nitrogens with zero attached hydrogens (tertiary/aromatic N) is 3. The van der Waals surface area contributed by atoms with E-state index in [1.807, 2.05) is 38.1 Å². The van der Waals surface area contributed by atoms with Gasteiger partial charge in [-0.1, -0.05) is 29.3 Å². The van der Waals surface area contributed by atoms with Crippen LogP contribution in [-0.4, -0.2) is 33.6 Å². The molecule has 3 aromatic rings. The third kappa shape index (κ3) is 5.04. The highest BCUT2D eigenvalue weighted by Gasteiger charge is 2.23. The van der Waals surface area contributed by atoms with Gasteiger partial charge >= 0.3 is 5.97 Å². The molecule has 0 unspecified atom stereocenters. The molecule has 0 spiro atoms. The molecule has 0 atom stereocenters. The molecule has 0 aliphatic carbocycles. The second-order valence-corrected chi connectivity index (χ2v) is 9.84. The van der Waals surface area contributed by atoms with Gasteiger partial charge in [-0.25, -0.2) is 0 Å². The van der Waals surface area contributed by atoms with Crippen LogP contribution in [0.5, 0.6) is 0 Å². The van der Waals surface area contributed by atoms with Gasteiger partial charge in [0.1, 0.15) is 0 Å². The van der Waals surface area contributed by atoms with Gasteiger partial charge in [0, 0.05) is 35.1 Å². The minimum atomic E-state index is -0.717. The Morgan fingerprint density at radius 2 is 1.88 bits per heavy atom. The van der Waals surface area contributed by atoms with Crippen LogP contribution in [0.4, 0.5) is 0 Å². The molecule has 7 heteroatoms. The number of aryl methyl sites for hydroxylation is 2. The summed E-state index contributed by atoms with van der Waals surface area (Å²) >= 11 is 13.5. The first-order valence-corrected chi connectivity index (χ1v) is 11.9. The molecule has 1 fully saturated rings. The molecule has 2 aromatic carbocycles. The molecule has 5 nitrogen and oxygen atoms in total. The van der Waals surface area contributed by atoms with E-state index < -0.39 is 5.97 Å². The number of aromatic nitrogens is 1. The molecule has 1 N–H and O–H groups in total. The van der Waals surface area contributed by atoms with Crippen molar-refractivity contribution in [3.8, 4) is 6.07 Å². The van der Waals surface area contributed by atoms with Crippen molar-refractivity contribution < 1.29 is 9.90 Å². The van der Waals surface area contributed by atoms with E-state index in [0.29, 0.717) is 22.2 Å². The Hall–Kier alpha value is -2.52. The normalized spacial score (nSPS) is 15.1. The van der Waals surface area contributed by atoms with Gasteiger partial charge in [0.25, 0.3) is 0 Å². The van der Waals surface area contributed by atoms with Crippen molar-refractivity contribution in [2.45, 2.75) is 46.2 Å². The topological polar surface area (TPSA) is 69.3 Å². The van der Waals surface area contributed by atoms with Crippen molar-refractivity contribution in [1.29, 1.82) is 5.26 Å². The van der Waals surface area contributed by atoms with Crippen molar-refractivity contribution in [2.75, 3.05) is 13.1 Å². The Balaban J connectivity index is 1.58. The Labute approximate surface area is 204 Å². The van der Waals surface area contributed by atoms with Crippen molar-refractivity contribution in [3.63, 3.8) is 0 Å². The number of rotatable bonds is 6. The van der Waals surface area contributed by atoms with Crippen molar-refractivity contribution in [3.05, 3.63) is 68.3 Å². The molecule has 0 amide bonds. The standard InChI is InChI=1S/C26H27Cl2N3O2/c1-16-9-19(12-29)10-21-17(2)13-31(26(16)21)15-22-23(27)4-3-20(25(22)28)14-30-7-5-18(6-8-30)11-24(32)33/h3-4,9-10,13,18H,5-8,11,14-15H2,1-2H3,(H,32,33). The maximum absolute atomic E-state index is 11.0. The first kappa shape index (κ1) is 23.6. The van der Waals surface area contributed by atoms with E-state index >= 15 is 0 Å². The number of piperidine rings is 1. The smallest absolute Gasteiger partial charge is 0.303 e. The maximum atomic E-state index is 11.0. The van der Waals surface area contributed by atoms with Gasteiger partial charge in [-0.3, -0.25) is 9.69 Å². The molecule has 1 aromatic heterocycles. The van der Waals surface area contributed by atoms with Gasteiger partial charge in [0.15, 0.2) is 0 Å². The number of carboxylic acid groups (broad SMARTS) is 1. The molecule has 0 bridgehead atoms. The van der Waals surface area contributed by atoms with Crippen LogP contribution in [0.2, 0.25) is 10.0 Å². The number of hydrogen-bond donors (Lipinski definition) is 1. The van der Waals surface area contributed by atoms with E-state index in [9.17, 15) is 10.1 Å². The van der Waals surface area contributed by atoms with Crippen LogP contribution >= 0.6 is 23.2 Å². The number of aliphatic carboxylic acids is 1. The predicted octanol–water partition coefficient (Wildman–Crippen LogP) is 6.17. The average molecular weight is 484 g/mol. The van der Waals surface area contributed by atoms with Crippen LogP contribution in [0.25, 0.3) is 10.9 Å². The molecule has 2 heterocycles. The molecule has 1 saturated heterocycles. The van der Waals surface area contributed by atoms with Crippen molar-refractivity contribution in [2.24, 2.45) is 5.92 Å². The van der Waals surface area contributed by atoms with Gasteiger partial charge in [-0.05, 0) is 80.6 Å². The highest BCUT2D eigenvalue weighted by molar-refractivity contribution is 6.36. The van der Waals surface area contributed by atoms with Gasteiger partial charge in [-0.2, -0.15) is 5.26 Å². The number of fused-ring (bicyclic) bond motifs is 1. The summed E-state index contributed by atoms with van der Waals surface area (Å²) in [4.78, 5) is 13.3. The molecule has 1 aliphatic rings. The molecular weight excluding hydrogens is 457 g/mol. The molecule has 1 aliphatic heterocycles. The monoisotopic (exact) mass is 483 g/mol. The second kappa shape index (κ2) is 9.77. The molecule has 172 valence electrons. The molecule has 4 rings (SSSR count). The second-order valence-electron chi connectivity index (χ2n) is 9.06. The predicted molar refractivity (Wildman–Crippen MR) is 132 cm³/mol. The quantitative estimate of drug-likeness (QED) is 0.454. The van der Waals surface area contributed by atoms with Gasteiger partial charge in [0.05, 0.1) is 28.7 Å². The highest BCUT2D eigenvalue weighted by Crippen LogP contribution is 2.33. The van der Waals surface area contributed by atoms with Crippen LogP contribution in [0.15, 0.2) is 30.5 Å². The number of nitriles is 1. The Kier molecular flexibility index (Phi) is 6.99. The molecule has 33 heavy (non-hydrogen) atoms. The zero-order chi connectivity index (χ0) is 23.7. The maximum Gasteiger partial charge on any atom is 0.303 e. The lowest BCUT2D eigenvalue weighted by Gasteiger charge is -2.31. The Morgan fingerprint density at radius 3 is 2.55 bits per heavy atom. The third-order valence-electron chi connectivity index (χ3n) is 6.65. The first-order valence-electron chi connectivity index (χ1n) is 11.2. The minimum absolute atomic E-state index is 0.249. The average Bonchev–Trinajstić information content (AvgIpc) is 3.09. The summed E-state index contributed by atoms with van der Waals surface area (Å²) in [7, 11) is 0. The Bertz CT molecular complexity index is 1250. The van der Waals surface area contributed by atoms with E-state index in [2.05, 4.69) is 21.7 Å². The van der Waals surface area contributed by atoms with Crippen molar-refractivity contribution >= 4 is 40.1 Å². The number of benzene rings is 2. The number of likely N-dealkylation sites (tertiary alicyclic amines) is 1. The van der Waals surface area contributed by atoms with Crippen LogP contribution in [0.3, 0.4) is 0 Å². The lowest BCUT2D eigenvalue weighted by atomic mass is 9.93. The Morgan fingerprint density at radius 1 is 1.15 bits per heavy atom. The van der Waals surface area contributed by atoms with E-state index in [4.69, 9.17) is 28.3 Å². The summed E-state index contributed by atoms with van der Waals surface area (Å²) in [6.45, 7) is 7.07. The summed E-state index contributed by atoms with van der Waals surface area (Å²) in [6, 6.07) is 9.98. The molecule has 0 saturated carbocycles. The fourth-order valence-corrected chi connectivity index (χ4v) is 5.49. The minimum Gasteiger partial charge on any atom is -0.481 e. The SMILES string of the molecule is Cc1cn(Cc2c(Cl)ccc(CN3CCC(CC(=O)O)CC3)c2Cl)c2c(C)cc(C#N)cc12. The van der Waals surface area contributed by atoms with Crippen LogP contribution in [0.1, 0.15) is 47.1 Å². The number of hydrogen-bond acceptors (Lipinski definition) is 3. The summed E-state index contributed by atoms with van der Waals surface area (Å²) in [5, 5.41) is 20.7. The first-order chi connectivity index (χ1) is 15.8. The van der Waals surface area contributed by atoms with E-state index in [1.165, 1.54) is 0 Å². The zero-order valence-corrected chi connectivity index (χ0v) is 20.4. The third-order valence-corrected chi connectivity index (χ3v) is 7.47. The van der Waals surface area contributed by atoms with E-state index in [-0.39, 0.29) is 12.3 Å². The van der Waals surface area contributed by atoms with Gasteiger partial charge < -0.3 is 9.67 Å². The van der Waals surface area contributed by atoms with Crippen LogP contribution < -0.4 is 0 Å². The number of carboxylic acids is 1. The fraction of sp³-hybridized carbons (Fsp3) is 0.385. The summed E-state index contributed by atoms with van der Waals surface area (Å²) in [6.07, 6.45) is 4.12. The number of halogens is 2. The lowest BCUT2D eigenvalue weighted by Crippen LogP contribution is -2.34. The zero-order valence-electron chi connectivity index (χ0n) is 18.9. The van der Waals surface area contributed by atoms with E-state index in [0.717, 1.165) is 65.6 Å². The number of carbonyl (C=O) groups is 1. The van der Waals surface area contributed by atoms with Crippen molar-refractivity contribution in [1.82, 2.24) is 9.47 Å². The highest BCUT2D eigenvalue weighted by atomic mass is 35.5. The van der Waals surface area contributed by atoms with Crippen LogP contribution in [-0.2, 0) is 17.9 Å². The van der Waals surface area contributed by atoms with E-state index in [1.54, 1.807) is 0 Å². The summed E-state index contributed by atoms with van der Waals surface area (Å²) < 4.78 is 2.16. The van der Waals surface area contributed by atoms with Crippen LogP contribution in [0, 0.1) is 31.1 Å². The molecule has 0 radical (unpaired) electrons. The molecular formula is C26H27Cl2N3O2. The van der Waals surface area contributed by atoms with Gasteiger partial charge in [-0.15, -0.1) is 0 Å². The lowest BCUT2D eigenvalue weighted by molar-refractivity contribution is -0.138.